The molecule has 0 atom stereocenters. The van der Waals surface area contributed by atoms with Crippen LogP contribution >= 0.6 is 0 Å². The van der Waals surface area contributed by atoms with Crippen molar-refractivity contribution >= 4 is 0 Å². The zero-order valence-electron chi connectivity index (χ0n) is 11.7. The molecule has 1 nitrogen and oxygen atoms in total. The van der Waals surface area contributed by atoms with Gasteiger partial charge in [-0.3, -0.25) is 0 Å². The van der Waals surface area contributed by atoms with Crippen molar-refractivity contribution in [3.8, 4) is 0 Å². The summed E-state index contributed by atoms with van der Waals surface area (Å²) in [6.45, 7) is 15.4. The minimum absolute atomic E-state index is 1.17. The van der Waals surface area contributed by atoms with E-state index < -0.39 is 0 Å². The molecule has 0 aliphatic rings. The molecule has 0 aromatic rings. The normalized spacial score (nSPS) is 8.57. The van der Waals surface area contributed by atoms with Crippen molar-refractivity contribution in [2.75, 3.05) is 20.1 Å². The Bertz CT molecular complexity index is 60.3. The summed E-state index contributed by atoms with van der Waals surface area (Å²) >= 11 is 0. The van der Waals surface area contributed by atoms with Crippen molar-refractivity contribution in [3.05, 3.63) is 0 Å². The van der Waals surface area contributed by atoms with Crippen molar-refractivity contribution in [1.29, 1.82) is 0 Å². The average molecular weight is 203 g/mol. The molecule has 0 aromatic carbocycles. The summed E-state index contributed by atoms with van der Waals surface area (Å²) in [6.07, 6.45) is 5.16. The standard InChI is InChI=1S/C6H15N.C4H10.C3H8/c1-4-6-7(3)5-2;1-3-4-2;1-3-2/h4-6H2,1-3H3;3-4H2,1-2H3;3H2,1-2H3. The molecular formula is C13H33N. The highest BCUT2D eigenvalue weighted by Gasteiger charge is 1.86. The van der Waals surface area contributed by atoms with E-state index in [1.165, 1.54) is 38.8 Å². The second kappa shape index (κ2) is 23.1. The molecule has 0 aliphatic carbocycles. The molecular weight excluding hydrogens is 170 g/mol. The second-order valence-electron chi connectivity index (χ2n) is 3.60. The van der Waals surface area contributed by atoms with Crippen LogP contribution in [0.15, 0.2) is 0 Å². The molecule has 0 amide bonds. The van der Waals surface area contributed by atoms with Crippen LogP contribution in [0.25, 0.3) is 0 Å². The van der Waals surface area contributed by atoms with Gasteiger partial charge in [-0.2, -0.15) is 0 Å². The van der Waals surface area contributed by atoms with Gasteiger partial charge < -0.3 is 4.90 Å². The molecule has 0 fully saturated rings. The lowest BCUT2D eigenvalue weighted by molar-refractivity contribution is 0.353. The number of hydrogen-bond donors (Lipinski definition) is 0. The van der Waals surface area contributed by atoms with E-state index in [4.69, 9.17) is 0 Å². The van der Waals surface area contributed by atoms with Crippen molar-refractivity contribution in [1.82, 2.24) is 4.90 Å². The van der Waals surface area contributed by atoms with E-state index in [1.54, 1.807) is 0 Å². The van der Waals surface area contributed by atoms with Gasteiger partial charge in [0.1, 0.15) is 0 Å². The summed E-state index contributed by atoms with van der Waals surface area (Å²) < 4.78 is 0. The van der Waals surface area contributed by atoms with Crippen LogP contribution in [0, 0.1) is 0 Å². The third kappa shape index (κ3) is 40.4. The Kier molecular flexibility index (Phi) is 32.2. The molecule has 14 heavy (non-hydrogen) atoms. The van der Waals surface area contributed by atoms with Crippen LogP contribution in [0.1, 0.15) is 67.2 Å². The third-order valence-electron chi connectivity index (χ3n) is 1.65. The van der Waals surface area contributed by atoms with Gasteiger partial charge in [0.15, 0.2) is 0 Å². The van der Waals surface area contributed by atoms with E-state index in [1.807, 2.05) is 0 Å². The largest absolute Gasteiger partial charge is 0.307 e. The van der Waals surface area contributed by atoms with E-state index in [0.717, 1.165) is 0 Å². The fourth-order valence-electron chi connectivity index (χ4n) is 0.540. The molecule has 0 spiro atoms. The molecule has 0 bridgehead atoms. The zero-order chi connectivity index (χ0) is 11.8. The van der Waals surface area contributed by atoms with Gasteiger partial charge in [-0.1, -0.05) is 60.8 Å². The molecule has 0 aliphatic heterocycles. The minimum Gasteiger partial charge on any atom is -0.307 e. The Morgan fingerprint density at radius 1 is 0.714 bits per heavy atom. The maximum Gasteiger partial charge on any atom is -0.00245 e. The lowest BCUT2D eigenvalue weighted by Gasteiger charge is -2.10. The monoisotopic (exact) mass is 203 g/mol. The molecule has 90 valence electrons. The van der Waals surface area contributed by atoms with Crippen LogP contribution in [0.3, 0.4) is 0 Å². The highest BCUT2D eigenvalue weighted by atomic mass is 15.1. The summed E-state index contributed by atoms with van der Waals surface area (Å²) in [5.41, 5.74) is 0. The fraction of sp³-hybridized carbons (Fsp3) is 1.00. The maximum absolute atomic E-state index is 2.31. The molecule has 0 radical (unpaired) electrons. The van der Waals surface area contributed by atoms with Crippen molar-refractivity contribution < 1.29 is 0 Å². The lowest BCUT2D eigenvalue weighted by atomic mass is 10.4. The summed E-state index contributed by atoms with van der Waals surface area (Å²) in [5.74, 6) is 0. The second-order valence-corrected chi connectivity index (χ2v) is 3.60. The van der Waals surface area contributed by atoms with Gasteiger partial charge >= 0.3 is 0 Å². The molecule has 0 heterocycles. The Morgan fingerprint density at radius 2 is 1.07 bits per heavy atom. The molecule has 0 aromatic heterocycles. The van der Waals surface area contributed by atoms with Crippen LogP contribution in [0.5, 0.6) is 0 Å². The fourth-order valence-corrected chi connectivity index (χ4v) is 0.540. The predicted molar refractivity (Wildman–Crippen MR) is 70.0 cm³/mol. The molecule has 0 rings (SSSR count). The van der Waals surface area contributed by atoms with Crippen molar-refractivity contribution in [2.24, 2.45) is 0 Å². The summed E-state index contributed by atoms with van der Waals surface area (Å²) in [6, 6.07) is 0. The van der Waals surface area contributed by atoms with Gasteiger partial charge in [0.2, 0.25) is 0 Å². The van der Waals surface area contributed by atoms with Crippen LogP contribution in [-0.4, -0.2) is 25.0 Å². The highest BCUT2D eigenvalue weighted by Crippen LogP contribution is 1.82. The Morgan fingerprint density at radius 3 is 1.14 bits per heavy atom. The van der Waals surface area contributed by atoms with E-state index in [2.05, 4.69) is 53.5 Å². The highest BCUT2D eigenvalue weighted by molar-refractivity contribution is 4.41. The van der Waals surface area contributed by atoms with E-state index in [9.17, 15) is 0 Å². The first-order valence-corrected chi connectivity index (χ1v) is 6.32. The number of hydrogen-bond acceptors (Lipinski definition) is 1. The van der Waals surface area contributed by atoms with Gasteiger partial charge in [-0.25, -0.2) is 0 Å². The zero-order valence-corrected chi connectivity index (χ0v) is 11.7. The summed E-state index contributed by atoms with van der Waals surface area (Å²) in [7, 11) is 2.14. The Labute approximate surface area is 92.9 Å². The first-order chi connectivity index (χ1) is 6.64. The number of rotatable bonds is 4. The average Bonchev–Trinajstić information content (AvgIpc) is 2.20. The summed E-state index contributed by atoms with van der Waals surface area (Å²) in [5, 5.41) is 0. The smallest absolute Gasteiger partial charge is 0.00245 e. The van der Waals surface area contributed by atoms with Crippen LogP contribution in [0.2, 0.25) is 0 Å². The SMILES string of the molecule is CCC.CCCC.CCCN(C)CC. The van der Waals surface area contributed by atoms with E-state index in [-0.39, 0.29) is 0 Å². The minimum atomic E-state index is 1.17. The molecule has 0 N–H and O–H groups in total. The van der Waals surface area contributed by atoms with Gasteiger partial charge in [0.25, 0.3) is 0 Å². The van der Waals surface area contributed by atoms with Gasteiger partial charge in [-0.05, 0) is 26.6 Å². The van der Waals surface area contributed by atoms with Crippen LogP contribution in [0.4, 0.5) is 0 Å². The third-order valence-corrected chi connectivity index (χ3v) is 1.65. The van der Waals surface area contributed by atoms with Gasteiger partial charge in [-0.15, -0.1) is 0 Å². The van der Waals surface area contributed by atoms with E-state index in [0.29, 0.717) is 0 Å². The molecule has 0 saturated heterocycles. The Balaban J connectivity index is -0.000000147. The van der Waals surface area contributed by atoms with Gasteiger partial charge in [0, 0.05) is 0 Å². The Hall–Kier alpha value is -0.0400. The van der Waals surface area contributed by atoms with Crippen molar-refractivity contribution in [2.45, 2.75) is 67.2 Å². The number of nitrogens with zero attached hydrogens (tertiary/aromatic N) is 1. The first-order valence-electron chi connectivity index (χ1n) is 6.32. The topological polar surface area (TPSA) is 3.24 Å². The lowest BCUT2D eigenvalue weighted by Crippen LogP contribution is -2.17. The van der Waals surface area contributed by atoms with Gasteiger partial charge in [0.05, 0.1) is 0 Å². The molecule has 1 heteroatoms. The first kappa shape index (κ1) is 19.5. The molecule has 0 unspecified atom stereocenters. The maximum atomic E-state index is 2.31. The predicted octanol–water partition coefficient (Wildman–Crippen LogP) is 4.57. The van der Waals surface area contributed by atoms with Crippen LogP contribution in [-0.2, 0) is 0 Å². The van der Waals surface area contributed by atoms with E-state index >= 15 is 0 Å². The molecule has 0 saturated carbocycles. The van der Waals surface area contributed by atoms with Crippen molar-refractivity contribution in [3.63, 3.8) is 0 Å². The quantitative estimate of drug-likeness (QED) is 0.647. The number of unbranched alkanes of at least 4 members (excludes halogenated alkanes) is 1. The van der Waals surface area contributed by atoms with Crippen LogP contribution < -0.4 is 0 Å². The summed E-state index contributed by atoms with van der Waals surface area (Å²) in [4.78, 5) is 2.31.